The lowest BCUT2D eigenvalue weighted by Crippen LogP contribution is -2.30. The third kappa shape index (κ3) is 3.69. The second-order valence-corrected chi connectivity index (χ2v) is 7.16. The van der Waals surface area contributed by atoms with Gasteiger partial charge >= 0.3 is 5.97 Å². The van der Waals surface area contributed by atoms with Crippen LogP contribution in [0.15, 0.2) is 23.4 Å². The van der Waals surface area contributed by atoms with Crippen LogP contribution in [0.3, 0.4) is 0 Å². The molecule has 0 aromatic carbocycles. The average molecular weight is 298 g/mol. The molecule has 1 fully saturated rings. The highest BCUT2D eigenvalue weighted by Crippen LogP contribution is 2.26. The summed E-state index contributed by atoms with van der Waals surface area (Å²) in [6, 6.07) is 3.21. The summed E-state index contributed by atoms with van der Waals surface area (Å²) in [6.07, 6.45) is 5.69. The highest BCUT2D eigenvalue weighted by molar-refractivity contribution is 7.90. The molecule has 0 saturated heterocycles. The van der Waals surface area contributed by atoms with Crippen LogP contribution in [-0.4, -0.2) is 36.8 Å². The first kappa shape index (κ1) is 14.8. The quantitative estimate of drug-likeness (QED) is 0.875. The number of carboxylic acid groups (broad SMARTS) is 1. The zero-order valence-electron chi connectivity index (χ0n) is 11.2. The number of hydrogen-bond donors (Lipinski definition) is 2. The molecule has 0 aliphatic heterocycles. The molecule has 2 atom stereocenters. The SMILES string of the molecule is CS(=O)(=O)c1ccc(NC2CCCC(C(=O)O)C2)cn1. The number of aliphatic carboxylic acids is 1. The second kappa shape index (κ2) is 5.78. The first-order chi connectivity index (χ1) is 9.36. The summed E-state index contributed by atoms with van der Waals surface area (Å²) in [4.78, 5) is 14.9. The maximum atomic E-state index is 11.3. The fourth-order valence-corrected chi connectivity index (χ4v) is 3.03. The highest BCUT2D eigenvalue weighted by atomic mass is 32.2. The number of carboxylic acids is 1. The minimum absolute atomic E-state index is 0.0371. The molecule has 2 rings (SSSR count). The summed E-state index contributed by atoms with van der Waals surface area (Å²) in [5.74, 6) is -1.05. The van der Waals surface area contributed by atoms with Crippen molar-refractivity contribution in [1.29, 1.82) is 0 Å². The predicted octanol–water partition coefficient (Wildman–Crippen LogP) is 1.54. The molecule has 1 heterocycles. The van der Waals surface area contributed by atoms with Gasteiger partial charge in [-0.05, 0) is 31.4 Å². The lowest BCUT2D eigenvalue weighted by molar-refractivity contribution is -0.142. The Morgan fingerprint density at radius 1 is 1.40 bits per heavy atom. The van der Waals surface area contributed by atoms with E-state index >= 15 is 0 Å². The van der Waals surface area contributed by atoms with Gasteiger partial charge < -0.3 is 10.4 Å². The van der Waals surface area contributed by atoms with E-state index in [9.17, 15) is 13.2 Å². The van der Waals surface area contributed by atoms with Crippen molar-refractivity contribution in [2.45, 2.75) is 36.8 Å². The van der Waals surface area contributed by atoms with Gasteiger partial charge in [-0.15, -0.1) is 0 Å². The Hall–Kier alpha value is -1.63. The van der Waals surface area contributed by atoms with Crippen LogP contribution in [0, 0.1) is 5.92 Å². The van der Waals surface area contributed by atoms with Crippen LogP contribution in [0.1, 0.15) is 25.7 Å². The van der Waals surface area contributed by atoms with Crippen LogP contribution < -0.4 is 5.32 Å². The molecule has 1 aliphatic carbocycles. The van der Waals surface area contributed by atoms with Gasteiger partial charge in [-0.1, -0.05) is 6.42 Å². The number of nitrogens with zero attached hydrogens (tertiary/aromatic N) is 1. The van der Waals surface area contributed by atoms with Crippen LogP contribution in [0.2, 0.25) is 0 Å². The largest absolute Gasteiger partial charge is 0.481 e. The summed E-state index contributed by atoms with van der Waals surface area (Å²) in [6.45, 7) is 0. The fourth-order valence-electron chi connectivity index (χ4n) is 2.47. The summed E-state index contributed by atoms with van der Waals surface area (Å²) < 4.78 is 22.6. The van der Waals surface area contributed by atoms with Crippen LogP contribution in [0.25, 0.3) is 0 Å². The number of hydrogen-bond acceptors (Lipinski definition) is 5. The van der Waals surface area contributed by atoms with E-state index in [2.05, 4.69) is 10.3 Å². The van der Waals surface area contributed by atoms with Crippen LogP contribution in [0.5, 0.6) is 0 Å². The van der Waals surface area contributed by atoms with Crippen molar-refractivity contribution in [3.05, 3.63) is 18.3 Å². The van der Waals surface area contributed by atoms with E-state index in [0.717, 1.165) is 25.5 Å². The monoisotopic (exact) mass is 298 g/mol. The molecule has 0 bridgehead atoms. The number of aromatic nitrogens is 1. The van der Waals surface area contributed by atoms with Crippen molar-refractivity contribution < 1.29 is 18.3 Å². The Balaban J connectivity index is 2.01. The van der Waals surface area contributed by atoms with E-state index < -0.39 is 15.8 Å². The van der Waals surface area contributed by atoms with Gasteiger partial charge in [-0.3, -0.25) is 4.79 Å². The van der Waals surface area contributed by atoms with Gasteiger partial charge in [0.1, 0.15) is 0 Å². The Bertz CT molecular complexity index is 583. The van der Waals surface area contributed by atoms with E-state index in [-0.39, 0.29) is 17.0 Å². The number of carbonyl (C=O) groups is 1. The predicted molar refractivity (Wildman–Crippen MR) is 74.4 cm³/mol. The third-order valence-corrected chi connectivity index (χ3v) is 4.51. The lowest BCUT2D eigenvalue weighted by atomic mass is 9.86. The molecule has 1 aromatic rings. The van der Waals surface area contributed by atoms with Gasteiger partial charge in [0.05, 0.1) is 17.8 Å². The number of anilines is 1. The maximum absolute atomic E-state index is 11.3. The smallest absolute Gasteiger partial charge is 0.306 e. The Morgan fingerprint density at radius 3 is 2.70 bits per heavy atom. The van der Waals surface area contributed by atoms with Crippen molar-refractivity contribution in [1.82, 2.24) is 4.98 Å². The molecular weight excluding hydrogens is 280 g/mol. The molecule has 20 heavy (non-hydrogen) atoms. The molecule has 2 unspecified atom stereocenters. The molecule has 7 heteroatoms. The van der Waals surface area contributed by atoms with Gasteiger partial charge in [-0.25, -0.2) is 13.4 Å². The second-order valence-electron chi connectivity index (χ2n) is 5.20. The molecular formula is C13H18N2O4S. The van der Waals surface area contributed by atoms with Gasteiger partial charge in [0.2, 0.25) is 0 Å². The Morgan fingerprint density at radius 2 is 2.15 bits per heavy atom. The minimum Gasteiger partial charge on any atom is -0.481 e. The lowest BCUT2D eigenvalue weighted by Gasteiger charge is -2.28. The molecule has 2 N–H and O–H groups in total. The van der Waals surface area contributed by atoms with E-state index in [1.165, 1.54) is 12.3 Å². The number of pyridine rings is 1. The van der Waals surface area contributed by atoms with Crippen LogP contribution >= 0.6 is 0 Å². The van der Waals surface area contributed by atoms with Gasteiger partial charge in [0.15, 0.2) is 14.9 Å². The molecule has 0 amide bonds. The van der Waals surface area contributed by atoms with Crippen molar-refractivity contribution in [2.24, 2.45) is 5.92 Å². The fraction of sp³-hybridized carbons (Fsp3) is 0.538. The number of sulfone groups is 1. The van der Waals surface area contributed by atoms with E-state index in [0.29, 0.717) is 12.1 Å². The van der Waals surface area contributed by atoms with E-state index in [4.69, 9.17) is 5.11 Å². The van der Waals surface area contributed by atoms with Crippen molar-refractivity contribution in [3.8, 4) is 0 Å². The van der Waals surface area contributed by atoms with Crippen molar-refractivity contribution >= 4 is 21.5 Å². The first-order valence-electron chi connectivity index (χ1n) is 6.51. The number of rotatable bonds is 4. The van der Waals surface area contributed by atoms with E-state index in [1.807, 2.05) is 0 Å². The zero-order valence-corrected chi connectivity index (χ0v) is 12.1. The molecule has 1 aromatic heterocycles. The Labute approximate surface area is 118 Å². The molecule has 0 radical (unpaired) electrons. The van der Waals surface area contributed by atoms with Crippen molar-refractivity contribution in [2.75, 3.05) is 11.6 Å². The summed E-state index contributed by atoms with van der Waals surface area (Å²) in [5, 5.41) is 12.3. The van der Waals surface area contributed by atoms with Gasteiger partial charge in [0.25, 0.3) is 0 Å². The first-order valence-corrected chi connectivity index (χ1v) is 8.41. The minimum atomic E-state index is -3.29. The van der Waals surface area contributed by atoms with Gasteiger partial charge in [-0.2, -0.15) is 0 Å². The summed E-state index contributed by atoms with van der Waals surface area (Å²) >= 11 is 0. The van der Waals surface area contributed by atoms with Crippen LogP contribution in [-0.2, 0) is 14.6 Å². The van der Waals surface area contributed by atoms with Crippen LogP contribution in [0.4, 0.5) is 5.69 Å². The molecule has 6 nitrogen and oxygen atoms in total. The van der Waals surface area contributed by atoms with Gasteiger partial charge in [0, 0.05) is 12.3 Å². The summed E-state index contributed by atoms with van der Waals surface area (Å²) in [7, 11) is -3.29. The molecule has 1 aliphatic rings. The third-order valence-electron chi connectivity index (χ3n) is 3.51. The summed E-state index contributed by atoms with van der Waals surface area (Å²) in [5.41, 5.74) is 0.716. The Kier molecular flexibility index (Phi) is 4.27. The number of nitrogens with one attached hydrogen (secondary N) is 1. The standard InChI is InChI=1S/C13H18N2O4S/c1-20(18,19)12-6-5-11(8-14-12)15-10-4-2-3-9(7-10)13(16)17/h5-6,8-10,15H,2-4,7H2,1H3,(H,16,17). The molecule has 110 valence electrons. The maximum Gasteiger partial charge on any atom is 0.306 e. The average Bonchev–Trinajstić information content (AvgIpc) is 2.38. The molecule has 0 spiro atoms. The van der Waals surface area contributed by atoms with Crippen molar-refractivity contribution in [3.63, 3.8) is 0 Å². The normalized spacial score (nSPS) is 23.2. The van der Waals surface area contributed by atoms with E-state index in [1.54, 1.807) is 6.07 Å². The topological polar surface area (TPSA) is 96.4 Å². The molecule has 1 saturated carbocycles. The zero-order chi connectivity index (χ0) is 14.8. The highest BCUT2D eigenvalue weighted by Gasteiger charge is 2.26.